The third-order valence-electron chi connectivity index (χ3n) is 2.97. The van der Waals surface area contributed by atoms with Crippen LogP contribution >= 0.6 is 0 Å². The Morgan fingerprint density at radius 1 is 1.29 bits per heavy atom. The number of hydrogen-bond donors (Lipinski definition) is 2. The van der Waals surface area contributed by atoms with Gasteiger partial charge in [0, 0.05) is 41.3 Å². The molecular weight excluding hydrogens is 214 g/mol. The smallest absolute Gasteiger partial charge is 0.248 e. The Morgan fingerprint density at radius 2 is 2.18 bits per heavy atom. The molecule has 17 heavy (non-hydrogen) atoms. The lowest BCUT2D eigenvalue weighted by atomic mass is 9.95. The van der Waals surface area contributed by atoms with E-state index >= 15 is 0 Å². The van der Waals surface area contributed by atoms with Crippen molar-refractivity contribution in [3.63, 3.8) is 0 Å². The number of anilines is 1. The summed E-state index contributed by atoms with van der Waals surface area (Å²) in [5, 5.41) is 3.28. The highest BCUT2D eigenvalue weighted by Gasteiger charge is 2.16. The minimum Gasteiger partial charge on any atom is -0.380 e. The fraction of sp³-hybridized carbons (Fsp3) is 0.0769. The van der Waals surface area contributed by atoms with E-state index in [1.165, 1.54) is 5.56 Å². The number of nitrogens with two attached hydrogens (primary N) is 1. The van der Waals surface area contributed by atoms with Gasteiger partial charge in [0.1, 0.15) is 0 Å². The van der Waals surface area contributed by atoms with Crippen LogP contribution in [-0.4, -0.2) is 10.9 Å². The molecule has 0 aliphatic carbocycles. The van der Waals surface area contributed by atoms with Crippen molar-refractivity contribution in [1.29, 1.82) is 0 Å². The number of nitrogens with zero attached hydrogens (tertiary/aromatic N) is 1. The Bertz CT molecular complexity index is 607. The third kappa shape index (κ3) is 1.54. The van der Waals surface area contributed by atoms with Gasteiger partial charge < -0.3 is 11.1 Å². The molecule has 0 fully saturated rings. The molecule has 0 saturated heterocycles. The number of amides is 1. The molecule has 4 nitrogen and oxygen atoms in total. The van der Waals surface area contributed by atoms with Gasteiger partial charge in [0.25, 0.3) is 0 Å². The van der Waals surface area contributed by atoms with Crippen LogP contribution in [0.1, 0.15) is 15.9 Å². The molecule has 1 aliphatic rings. The molecule has 0 spiro atoms. The molecule has 0 unspecified atom stereocenters. The fourth-order valence-electron chi connectivity index (χ4n) is 2.09. The van der Waals surface area contributed by atoms with E-state index in [0.717, 1.165) is 23.4 Å². The summed E-state index contributed by atoms with van der Waals surface area (Å²) in [7, 11) is 0. The predicted molar refractivity (Wildman–Crippen MR) is 65.5 cm³/mol. The number of hydrogen-bond acceptors (Lipinski definition) is 3. The molecule has 0 saturated carbocycles. The zero-order valence-corrected chi connectivity index (χ0v) is 9.10. The van der Waals surface area contributed by atoms with Gasteiger partial charge in [-0.3, -0.25) is 9.78 Å². The predicted octanol–water partition coefficient (Wildman–Crippen LogP) is 1.77. The summed E-state index contributed by atoms with van der Waals surface area (Å²) in [6.07, 6.45) is 3.63. The Hall–Kier alpha value is -2.36. The molecule has 3 N–H and O–H groups in total. The number of carbonyl (C=O) groups excluding carboxylic acids is 1. The maximum atomic E-state index is 11.1. The van der Waals surface area contributed by atoms with Gasteiger partial charge in [0.15, 0.2) is 0 Å². The number of rotatable bonds is 1. The van der Waals surface area contributed by atoms with Crippen LogP contribution in [0.15, 0.2) is 36.7 Å². The van der Waals surface area contributed by atoms with E-state index in [2.05, 4.69) is 10.3 Å². The summed E-state index contributed by atoms with van der Waals surface area (Å²) in [5.74, 6) is -0.411. The fourth-order valence-corrected chi connectivity index (χ4v) is 2.09. The molecule has 0 bridgehead atoms. The number of aromatic nitrogens is 1. The highest BCUT2D eigenvalue weighted by molar-refractivity contribution is 5.96. The van der Waals surface area contributed by atoms with E-state index in [1.54, 1.807) is 18.3 Å². The van der Waals surface area contributed by atoms with Gasteiger partial charge >= 0.3 is 0 Å². The van der Waals surface area contributed by atoms with Gasteiger partial charge in [-0.1, -0.05) is 6.07 Å². The second kappa shape index (κ2) is 3.59. The number of fused-ring (bicyclic) bond motifs is 3. The molecule has 1 aromatic heterocycles. The molecule has 0 radical (unpaired) electrons. The van der Waals surface area contributed by atoms with Gasteiger partial charge in [-0.05, 0) is 23.8 Å². The topological polar surface area (TPSA) is 68.0 Å². The second-order valence-electron chi connectivity index (χ2n) is 4.01. The average Bonchev–Trinajstić information content (AvgIpc) is 2.38. The van der Waals surface area contributed by atoms with Crippen molar-refractivity contribution in [3.05, 3.63) is 47.8 Å². The largest absolute Gasteiger partial charge is 0.380 e. The third-order valence-corrected chi connectivity index (χ3v) is 2.97. The molecular formula is C13H11N3O. The molecule has 2 aromatic rings. The lowest BCUT2D eigenvalue weighted by molar-refractivity contribution is 0.100. The summed E-state index contributed by atoms with van der Waals surface area (Å²) in [6, 6.07) is 7.42. The zero-order chi connectivity index (χ0) is 11.8. The Balaban J connectivity index is 2.18. The first-order valence-corrected chi connectivity index (χ1v) is 5.37. The van der Waals surface area contributed by atoms with Crippen LogP contribution in [-0.2, 0) is 6.54 Å². The summed E-state index contributed by atoms with van der Waals surface area (Å²) in [4.78, 5) is 15.2. The monoisotopic (exact) mass is 225 g/mol. The van der Waals surface area contributed by atoms with Crippen LogP contribution in [0.3, 0.4) is 0 Å². The number of carbonyl (C=O) groups is 1. The molecule has 3 rings (SSSR count). The van der Waals surface area contributed by atoms with Crippen LogP contribution in [0, 0.1) is 0 Å². The van der Waals surface area contributed by atoms with Gasteiger partial charge in [0.05, 0.1) is 0 Å². The normalized spacial score (nSPS) is 12.2. The van der Waals surface area contributed by atoms with Gasteiger partial charge in [-0.2, -0.15) is 0 Å². The van der Waals surface area contributed by atoms with Crippen molar-refractivity contribution in [1.82, 2.24) is 4.98 Å². The first-order valence-electron chi connectivity index (χ1n) is 5.37. The van der Waals surface area contributed by atoms with Gasteiger partial charge in [-0.15, -0.1) is 0 Å². The van der Waals surface area contributed by atoms with E-state index in [9.17, 15) is 4.79 Å². The van der Waals surface area contributed by atoms with Crippen LogP contribution < -0.4 is 11.1 Å². The summed E-state index contributed by atoms with van der Waals surface area (Å²) >= 11 is 0. The Morgan fingerprint density at radius 3 is 3.00 bits per heavy atom. The highest BCUT2D eigenvalue weighted by Crippen LogP contribution is 2.35. The molecule has 1 aliphatic heterocycles. The Kier molecular flexibility index (Phi) is 2.08. The maximum absolute atomic E-state index is 11.1. The van der Waals surface area contributed by atoms with Crippen molar-refractivity contribution in [2.45, 2.75) is 6.54 Å². The first-order chi connectivity index (χ1) is 8.25. The number of nitrogens with one attached hydrogen (secondary N) is 1. The number of primary amides is 1. The SMILES string of the molecule is NC(=O)c1ccc2c(c1)NCc1ccncc1-2. The molecule has 4 heteroatoms. The average molecular weight is 225 g/mol. The molecule has 84 valence electrons. The van der Waals surface area contributed by atoms with Crippen LogP contribution in [0.25, 0.3) is 11.1 Å². The minimum atomic E-state index is -0.411. The van der Waals surface area contributed by atoms with E-state index < -0.39 is 5.91 Å². The number of benzene rings is 1. The van der Waals surface area contributed by atoms with Gasteiger partial charge in [-0.25, -0.2) is 0 Å². The second-order valence-corrected chi connectivity index (χ2v) is 4.01. The van der Waals surface area contributed by atoms with E-state index in [1.807, 2.05) is 18.3 Å². The lowest BCUT2D eigenvalue weighted by Gasteiger charge is -2.21. The maximum Gasteiger partial charge on any atom is 0.248 e. The minimum absolute atomic E-state index is 0.411. The van der Waals surface area contributed by atoms with E-state index in [-0.39, 0.29) is 0 Å². The molecule has 0 atom stereocenters. The van der Waals surface area contributed by atoms with Gasteiger partial charge in [0.2, 0.25) is 5.91 Å². The summed E-state index contributed by atoms with van der Waals surface area (Å²) in [6.45, 7) is 0.743. The first kappa shape index (κ1) is 9.84. The van der Waals surface area contributed by atoms with Crippen molar-refractivity contribution in [2.24, 2.45) is 5.73 Å². The van der Waals surface area contributed by atoms with Crippen molar-refractivity contribution in [2.75, 3.05) is 5.32 Å². The summed E-state index contributed by atoms with van der Waals surface area (Å²) < 4.78 is 0. The molecule has 2 heterocycles. The Labute approximate surface area is 98.5 Å². The lowest BCUT2D eigenvalue weighted by Crippen LogP contribution is -2.13. The zero-order valence-electron chi connectivity index (χ0n) is 9.10. The molecule has 1 amide bonds. The van der Waals surface area contributed by atoms with Crippen LogP contribution in [0.5, 0.6) is 0 Å². The number of pyridine rings is 1. The molecule has 1 aromatic carbocycles. The van der Waals surface area contributed by atoms with Crippen LogP contribution in [0.2, 0.25) is 0 Å². The van der Waals surface area contributed by atoms with Crippen molar-refractivity contribution in [3.8, 4) is 11.1 Å². The van der Waals surface area contributed by atoms with Crippen LogP contribution in [0.4, 0.5) is 5.69 Å². The highest BCUT2D eigenvalue weighted by atomic mass is 16.1. The van der Waals surface area contributed by atoms with E-state index in [0.29, 0.717) is 5.56 Å². The summed E-state index contributed by atoms with van der Waals surface area (Å²) in [5.41, 5.74) is 10.1. The standard InChI is InChI=1S/C13H11N3O/c14-13(17)8-1-2-10-11-7-15-4-3-9(11)6-16-12(10)5-8/h1-5,7,16H,6H2,(H2,14,17). The van der Waals surface area contributed by atoms with Crippen molar-refractivity contribution >= 4 is 11.6 Å². The van der Waals surface area contributed by atoms with E-state index in [4.69, 9.17) is 5.73 Å². The van der Waals surface area contributed by atoms with Crippen molar-refractivity contribution < 1.29 is 4.79 Å². The quantitative estimate of drug-likeness (QED) is 0.777.